The number of rotatable bonds is 2. The molecule has 0 bridgehead atoms. The minimum atomic E-state index is 0.432. The molecule has 1 aromatic carbocycles. The van der Waals surface area contributed by atoms with Gasteiger partial charge in [0.05, 0.1) is 0 Å². The molecule has 1 saturated heterocycles. The number of nitrogens with two attached hydrogens (primary N) is 1. The molecule has 0 saturated carbocycles. The van der Waals surface area contributed by atoms with Crippen LogP contribution in [0, 0.1) is 0 Å². The smallest absolute Gasteiger partial charge is 0.136 e. The van der Waals surface area contributed by atoms with Crippen LogP contribution in [0.5, 0.6) is 0 Å². The maximum Gasteiger partial charge on any atom is 0.136 e. The summed E-state index contributed by atoms with van der Waals surface area (Å²) in [6.07, 6.45) is 4.25. The molecule has 2 heterocycles. The van der Waals surface area contributed by atoms with Gasteiger partial charge in [0.1, 0.15) is 5.82 Å². The van der Waals surface area contributed by atoms with Gasteiger partial charge >= 0.3 is 0 Å². The number of hydrogen-bond acceptors (Lipinski definition) is 3. The Bertz CT molecular complexity index is 570. The molecule has 0 aliphatic carbocycles. The average Bonchev–Trinajstić information content (AvgIpc) is 2.87. The van der Waals surface area contributed by atoms with Crippen molar-refractivity contribution in [3.05, 3.63) is 34.9 Å². The van der Waals surface area contributed by atoms with Gasteiger partial charge in [0.15, 0.2) is 0 Å². The van der Waals surface area contributed by atoms with E-state index in [0.717, 1.165) is 16.8 Å². The lowest BCUT2D eigenvalue weighted by atomic mass is 10.1. The van der Waals surface area contributed by atoms with Gasteiger partial charge in [0.2, 0.25) is 0 Å². The van der Waals surface area contributed by atoms with Crippen molar-refractivity contribution in [1.29, 1.82) is 0 Å². The number of aromatic nitrogens is 1. The normalized spacial score (nSPS) is 19.7. The minimum absolute atomic E-state index is 0.432. The van der Waals surface area contributed by atoms with Crippen LogP contribution in [0.15, 0.2) is 34.9 Å². The monoisotopic (exact) mass is 305 g/mol. The van der Waals surface area contributed by atoms with Crippen molar-refractivity contribution in [3.8, 4) is 0 Å². The molecule has 1 atom stereocenters. The number of pyridine rings is 1. The van der Waals surface area contributed by atoms with Crippen molar-refractivity contribution in [1.82, 2.24) is 4.98 Å². The van der Waals surface area contributed by atoms with Gasteiger partial charge in [-0.25, -0.2) is 4.98 Å². The van der Waals surface area contributed by atoms with Crippen LogP contribution in [0.25, 0.3) is 10.8 Å². The topological polar surface area (TPSA) is 42.1 Å². The second-order valence-corrected chi connectivity index (χ2v) is 5.55. The largest absolute Gasteiger partial charge is 0.352 e. The molecular weight excluding hydrogens is 290 g/mol. The van der Waals surface area contributed by atoms with Crippen molar-refractivity contribution in [2.75, 3.05) is 18.0 Å². The summed E-state index contributed by atoms with van der Waals surface area (Å²) in [5, 5.41) is 2.41. The summed E-state index contributed by atoms with van der Waals surface area (Å²) in [4.78, 5) is 6.93. The summed E-state index contributed by atoms with van der Waals surface area (Å²) in [5.41, 5.74) is 5.86. The Kier molecular flexibility index (Phi) is 3.22. The summed E-state index contributed by atoms with van der Waals surface area (Å²) < 4.78 is 1.12. The van der Waals surface area contributed by atoms with Gasteiger partial charge in [-0.1, -0.05) is 28.1 Å². The van der Waals surface area contributed by atoms with Crippen molar-refractivity contribution in [2.45, 2.75) is 18.9 Å². The third kappa shape index (κ3) is 1.89. The minimum Gasteiger partial charge on any atom is -0.352 e. The second-order valence-electron chi connectivity index (χ2n) is 4.69. The fourth-order valence-corrected chi connectivity index (χ4v) is 3.24. The van der Waals surface area contributed by atoms with E-state index in [4.69, 9.17) is 5.73 Å². The Labute approximate surface area is 115 Å². The molecule has 3 nitrogen and oxygen atoms in total. The first-order chi connectivity index (χ1) is 8.81. The molecule has 1 aliphatic heterocycles. The zero-order chi connectivity index (χ0) is 12.5. The molecule has 2 aromatic rings. The highest BCUT2D eigenvalue weighted by molar-refractivity contribution is 9.10. The molecule has 4 heteroatoms. The van der Waals surface area contributed by atoms with Crippen molar-refractivity contribution in [2.24, 2.45) is 5.73 Å². The van der Waals surface area contributed by atoms with E-state index in [0.29, 0.717) is 12.6 Å². The van der Waals surface area contributed by atoms with Crippen LogP contribution in [0.3, 0.4) is 0 Å². The standard InChI is InChI=1S/C14H16BrN3/c15-13-5-1-4-12-11(13)6-7-17-14(12)18-8-2-3-10(18)9-16/h1,4-7,10H,2-3,8-9,16H2. The van der Waals surface area contributed by atoms with E-state index in [1.54, 1.807) is 0 Å². The van der Waals surface area contributed by atoms with Gasteiger partial charge in [-0.15, -0.1) is 0 Å². The maximum absolute atomic E-state index is 5.86. The second kappa shape index (κ2) is 4.86. The Morgan fingerprint density at radius 2 is 2.22 bits per heavy atom. The predicted molar refractivity (Wildman–Crippen MR) is 78.9 cm³/mol. The van der Waals surface area contributed by atoms with E-state index in [-0.39, 0.29) is 0 Å². The molecule has 2 N–H and O–H groups in total. The van der Waals surface area contributed by atoms with Gasteiger partial charge in [-0.05, 0) is 25.0 Å². The molecule has 1 fully saturated rings. The van der Waals surface area contributed by atoms with Gasteiger partial charge < -0.3 is 10.6 Å². The van der Waals surface area contributed by atoms with Crippen molar-refractivity contribution < 1.29 is 0 Å². The van der Waals surface area contributed by atoms with Crippen LogP contribution in [0.4, 0.5) is 5.82 Å². The average molecular weight is 306 g/mol. The van der Waals surface area contributed by atoms with Gasteiger partial charge in [-0.2, -0.15) is 0 Å². The number of nitrogens with zero attached hydrogens (tertiary/aromatic N) is 2. The molecule has 0 amide bonds. The molecule has 3 rings (SSSR count). The summed E-state index contributed by atoms with van der Waals surface area (Å²) in [6.45, 7) is 1.76. The quantitative estimate of drug-likeness (QED) is 0.927. The Morgan fingerprint density at radius 3 is 3.06 bits per heavy atom. The molecule has 0 radical (unpaired) electrons. The fourth-order valence-electron chi connectivity index (χ4n) is 2.74. The molecule has 1 unspecified atom stereocenters. The van der Waals surface area contributed by atoms with Crippen molar-refractivity contribution >= 4 is 32.5 Å². The number of benzene rings is 1. The van der Waals surface area contributed by atoms with E-state index in [1.165, 1.54) is 23.6 Å². The zero-order valence-corrected chi connectivity index (χ0v) is 11.7. The van der Waals surface area contributed by atoms with Gasteiger partial charge in [-0.3, -0.25) is 0 Å². The van der Waals surface area contributed by atoms with Crippen LogP contribution in [-0.4, -0.2) is 24.1 Å². The van der Waals surface area contributed by atoms with Crippen molar-refractivity contribution in [3.63, 3.8) is 0 Å². The number of hydrogen-bond donors (Lipinski definition) is 1. The van der Waals surface area contributed by atoms with Crippen LogP contribution in [0.1, 0.15) is 12.8 Å². The van der Waals surface area contributed by atoms with Gasteiger partial charge in [0, 0.05) is 40.6 Å². The lowest BCUT2D eigenvalue weighted by Crippen LogP contribution is -2.36. The Balaban J connectivity index is 2.14. The zero-order valence-electron chi connectivity index (χ0n) is 10.1. The Hall–Kier alpha value is -1.13. The summed E-state index contributed by atoms with van der Waals surface area (Å²) in [7, 11) is 0. The summed E-state index contributed by atoms with van der Waals surface area (Å²) >= 11 is 3.60. The first-order valence-corrected chi connectivity index (χ1v) is 7.10. The molecular formula is C14H16BrN3. The number of fused-ring (bicyclic) bond motifs is 1. The third-order valence-electron chi connectivity index (χ3n) is 3.65. The number of halogens is 1. The van der Waals surface area contributed by atoms with E-state index in [2.05, 4.69) is 50.1 Å². The molecule has 18 heavy (non-hydrogen) atoms. The Morgan fingerprint density at radius 1 is 1.33 bits per heavy atom. The molecule has 1 aromatic heterocycles. The summed E-state index contributed by atoms with van der Waals surface area (Å²) in [5.74, 6) is 1.07. The number of anilines is 1. The third-order valence-corrected chi connectivity index (χ3v) is 4.34. The van der Waals surface area contributed by atoms with E-state index in [9.17, 15) is 0 Å². The lowest BCUT2D eigenvalue weighted by molar-refractivity contribution is 0.673. The van der Waals surface area contributed by atoms with Crippen LogP contribution >= 0.6 is 15.9 Å². The lowest BCUT2D eigenvalue weighted by Gasteiger charge is -2.25. The fraction of sp³-hybridized carbons (Fsp3) is 0.357. The molecule has 1 aliphatic rings. The van der Waals surface area contributed by atoms with Crippen LogP contribution in [0.2, 0.25) is 0 Å². The van der Waals surface area contributed by atoms with Gasteiger partial charge in [0.25, 0.3) is 0 Å². The van der Waals surface area contributed by atoms with Crippen LogP contribution in [-0.2, 0) is 0 Å². The SMILES string of the molecule is NCC1CCCN1c1nccc2c(Br)cccc12. The van der Waals surface area contributed by atoms with Crippen LogP contribution < -0.4 is 10.6 Å². The first-order valence-electron chi connectivity index (χ1n) is 6.31. The van der Waals surface area contributed by atoms with E-state index < -0.39 is 0 Å². The molecule has 94 valence electrons. The molecule has 0 spiro atoms. The highest BCUT2D eigenvalue weighted by Gasteiger charge is 2.25. The maximum atomic E-state index is 5.86. The van der Waals surface area contributed by atoms with E-state index >= 15 is 0 Å². The predicted octanol–water partition coefficient (Wildman–Crippen LogP) is 2.92. The highest BCUT2D eigenvalue weighted by atomic mass is 79.9. The highest BCUT2D eigenvalue weighted by Crippen LogP contribution is 2.32. The summed E-state index contributed by atoms with van der Waals surface area (Å²) in [6, 6.07) is 8.74. The first kappa shape index (κ1) is 11.9. The van der Waals surface area contributed by atoms with E-state index in [1.807, 2.05) is 6.20 Å².